The summed E-state index contributed by atoms with van der Waals surface area (Å²) in [5, 5.41) is 0. The highest BCUT2D eigenvalue weighted by atomic mass is 35.5. The molecule has 0 aliphatic carbocycles. The predicted octanol–water partition coefficient (Wildman–Crippen LogP) is 6.77. The maximum atomic E-state index is 4.28. The highest BCUT2D eigenvalue weighted by molar-refractivity contribution is 5.37. The van der Waals surface area contributed by atoms with Crippen LogP contribution in [0.5, 0.6) is 0 Å². The van der Waals surface area contributed by atoms with E-state index in [-0.39, 0.29) is 28.8 Å². The number of hydrogen-bond acceptors (Lipinski definition) is 0. The Balaban J connectivity index is 0.0000130. The lowest BCUT2D eigenvalue weighted by atomic mass is 9.42. The van der Waals surface area contributed by atoms with Crippen LogP contribution in [0.15, 0.2) is 138 Å². The molecule has 1 aliphatic heterocycles. The fraction of sp³-hybridized carbons (Fsp3) is 0.371. The highest BCUT2D eigenvalue weighted by Crippen LogP contribution is 2.71. The fourth-order valence-electron chi connectivity index (χ4n) is 7.78. The van der Waals surface area contributed by atoms with Crippen LogP contribution in [-0.4, -0.2) is 23.1 Å². The molecule has 0 fully saturated rings. The van der Waals surface area contributed by atoms with Crippen molar-refractivity contribution in [3.63, 3.8) is 0 Å². The molecule has 0 unspecified atom stereocenters. The van der Waals surface area contributed by atoms with Gasteiger partial charge in [0, 0.05) is 30.1 Å². The first-order valence-electron chi connectivity index (χ1n) is 13.1. The van der Waals surface area contributed by atoms with E-state index in [0.717, 1.165) is 64.5 Å². The Hall–Kier alpha value is -2.61. The number of nitrogens with zero attached hydrogens (tertiary/aromatic N) is 1. The van der Waals surface area contributed by atoms with Crippen LogP contribution in [0, 0.1) is 10.8 Å². The van der Waals surface area contributed by atoms with E-state index in [4.69, 9.17) is 0 Å². The van der Waals surface area contributed by atoms with Crippen molar-refractivity contribution in [3.05, 3.63) is 138 Å². The quantitative estimate of drug-likeness (QED) is 0.123. The fourth-order valence-corrected chi connectivity index (χ4v) is 7.78. The lowest BCUT2D eigenvalue weighted by molar-refractivity contribution is -0.948. The summed E-state index contributed by atoms with van der Waals surface area (Å²) in [5.74, 6) is 0. The Morgan fingerprint density at radius 1 is 0.486 bits per heavy atom. The summed E-state index contributed by atoms with van der Waals surface area (Å²) in [4.78, 5) is 0. The van der Waals surface area contributed by atoms with Crippen LogP contribution in [0.4, 0.5) is 0 Å². The molecule has 0 spiro atoms. The molecule has 2 heteroatoms. The Labute approximate surface area is 235 Å². The van der Waals surface area contributed by atoms with Crippen LogP contribution < -0.4 is 12.4 Å². The maximum Gasteiger partial charge on any atom is 0.118 e. The van der Waals surface area contributed by atoms with E-state index in [1.165, 1.54) is 11.3 Å². The van der Waals surface area contributed by atoms with Gasteiger partial charge in [-0.1, -0.05) is 61.8 Å². The molecule has 1 nitrogen and oxygen atoms in total. The van der Waals surface area contributed by atoms with Gasteiger partial charge in [-0.05, 0) is 49.8 Å². The van der Waals surface area contributed by atoms with Crippen molar-refractivity contribution in [2.45, 2.75) is 56.9 Å². The molecule has 0 saturated carbocycles. The van der Waals surface area contributed by atoms with Crippen LogP contribution in [0.1, 0.15) is 51.4 Å². The van der Waals surface area contributed by atoms with Crippen molar-refractivity contribution in [1.82, 2.24) is 0 Å². The molecule has 0 bridgehead atoms. The van der Waals surface area contributed by atoms with Gasteiger partial charge in [-0.2, -0.15) is 0 Å². The summed E-state index contributed by atoms with van der Waals surface area (Å²) in [5.41, 5.74) is 1.87. The first kappa shape index (κ1) is 34.4. The summed E-state index contributed by atoms with van der Waals surface area (Å²) in [6.45, 7) is 44.0. The van der Waals surface area contributed by atoms with Gasteiger partial charge in [0.15, 0.2) is 0 Å². The molecule has 0 saturated heterocycles. The normalized spacial score (nSPS) is 18.3. The molecule has 1 rings (SSSR count). The second-order valence-corrected chi connectivity index (χ2v) is 9.97. The summed E-state index contributed by atoms with van der Waals surface area (Å²) in [7, 11) is 0. The third-order valence-electron chi connectivity index (χ3n) is 8.57. The summed E-state index contributed by atoms with van der Waals surface area (Å²) >= 11 is 0. The SMILES string of the molecule is C=CCC1=C(CC=C)[N+](CC=C)(CC=C)C(CC=C)(CC=C)C(CC=C)(CC=C)C1(CC=C)CC=C.[Cl-]. The average molecular weight is 520 g/mol. The van der Waals surface area contributed by atoms with Gasteiger partial charge < -0.3 is 12.4 Å². The minimum atomic E-state index is -0.323. The largest absolute Gasteiger partial charge is 1.00 e. The molecule has 1 aliphatic rings. The zero-order valence-corrected chi connectivity index (χ0v) is 24.0. The lowest BCUT2D eigenvalue weighted by Crippen LogP contribution is -3.00. The summed E-state index contributed by atoms with van der Waals surface area (Å²) < 4.78 is 0.699. The molecule has 202 valence electrons. The number of halogens is 1. The van der Waals surface area contributed by atoms with Crippen LogP contribution in [0.25, 0.3) is 0 Å². The van der Waals surface area contributed by atoms with Gasteiger partial charge in [0.05, 0.1) is 0 Å². The number of allylic oxidation sites excluding steroid dienone is 7. The molecule has 0 aromatic heterocycles. The third kappa shape index (κ3) is 5.35. The lowest BCUT2D eigenvalue weighted by Gasteiger charge is -2.71. The topological polar surface area (TPSA) is 0 Å². The Morgan fingerprint density at radius 2 is 0.892 bits per heavy atom. The Kier molecular flexibility index (Phi) is 14.5. The van der Waals surface area contributed by atoms with Gasteiger partial charge >= 0.3 is 0 Å². The van der Waals surface area contributed by atoms with Crippen LogP contribution >= 0.6 is 0 Å². The van der Waals surface area contributed by atoms with E-state index in [9.17, 15) is 0 Å². The Bertz CT molecular complexity index is 798. The van der Waals surface area contributed by atoms with E-state index in [1.807, 2.05) is 12.2 Å². The van der Waals surface area contributed by atoms with Gasteiger partial charge in [-0.25, -0.2) is 0 Å². The molecule has 0 radical (unpaired) electrons. The van der Waals surface area contributed by atoms with E-state index in [0.29, 0.717) is 4.48 Å². The molecule has 0 N–H and O–H groups in total. The van der Waals surface area contributed by atoms with Crippen LogP contribution in [0.2, 0.25) is 0 Å². The van der Waals surface area contributed by atoms with E-state index < -0.39 is 0 Å². The molecule has 1 heterocycles. The van der Waals surface area contributed by atoms with Crippen molar-refractivity contribution in [2.24, 2.45) is 10.8 Å². The van der Waals surface area contributed by atoms with Gasteiger partial charge in [-0.15, -0.1) is 52.6 Å². The predicted molar refractivity (Wildman–Crippen MR) is 164 cm³/mol. The van der Waals surface area contributed by atoms with Gasteiger partial charge in [-0.3, -0.25) is 4.48 Å². The van der Waals surface area contributed by atoms with Crippen LogP contribution in [-0.2, 0) is 0 Å². The molecule has 0 aromatic rings. The molecule has 0 amide bonds. The molecule has 37 heavy (non-hydrogen) atoms. The highest BCUT2D eigenvalue weighted by Gasteiger charge is 2.72. The minimum Gasteiger partial charge on any atom is -1.00 e. The monoisotopic (exact) mass is 519 g/mol. The first-order valence-corrected chi connectivity index (χ1v) is 13.1. The van der Waals surface area contributed by atoms with E-state index >= 15 is 0 Å². The van der Waals surface area contributed by atoms with Crippen molar-refractivity contribution < 1.29 is 16.9 Å². The van der Waals surface area contributed by atoms with Gasteiger partial charge in [0.25, 0.3) is 0 Å². The van der Waals surface area contributed by atoms with E-state index in [2.05, 4.69) is 114 Å². The smallest absolute Gasteiger partial charge is 0.118 e. The Morgan fingerprint density at radius 3 is 1.22 bits per heavy atom. The summed E-state index contributed by atoms with van der Waals surface area (Å²) in [6.07, 6.45) is 27.0. The summed E-state index contributed by atoms with van der Waals surface area (Å²) in [6, 6.07) is 0. The average Bonchev–Trinajstić information content (AvgIpc) is 2.84. The van der Waals surface area contributed by atoms with Crippen molar-refractivity contribution in [1.29, 1.82) is 0 Å². The van der Waals surface area contributed by atoms with Gasteiger partial charge in [0.2, 0.25) is 0 Å². The second-order valence-electron chi connectivity index (χ2n) is 9.97. The number of hydrogen-bond donors (Lipinski definition) is 0. The van der Waals surface area contributed by atoms with Crippen LogP contribution in [0.3, 0.4) is 0 Å². The molecule has 0 atom stereocenters. The molecular weight excluding hydrogens is 470 g/mol. The molecule has 0 aromatic carbocycles. The van der Waals surface area contributed by atoms with Crippen molar-refractivity contribution in [3.8, 4) is 0 Å². The third-order valence-corrected chi connectivity index (χ3v) is 8.57. The number of quaternary nitrogens is 1. The zero-order valence-electron chi connectivity index (χ0n) is 23.2. The second kappa shape index (κ2) is 15.6. The standard InChI is InChI=1S/C35H50N.ClH/c1-11-21-31-32(22-12-2)36(29-19-9,30-20-10)35(27-17-7,28-18-8)34(25-15-5,26-16-6)33(31,23-13-3)24-14-4;/h11-20H,1-10,21-30H2;1H/q+1;/p-1. The van der Waals surface area contributed by atoms with Crippen molar-refractivity contribution >= 4 is 0 Å². The molecular formula is C35H50ClN. The zero-order chi connectivity index (χ0) is 27.3. The minimum absolute atomic E-state index is 0. The van der Waals surface area contributed by atoms with Gasteiger partial charge in [0.1, 0.15) is 24.3 Å². The first-order chi connectivity index (χ1) is 17.4. The number of rotatable bonds is 20. The van der Waals surface area contributed by atoms with Crippen molar-refractivity contribution in [2.75, 3.05) is 13.1 Å². The van der Waals surface area contributed by atoms with E-state index in [1.54, 1.807) is 0 Å². The maximum absolute atomic E-state index is 4.28.